The van der Waals surface area contributed by atoms with E-state index in [0.717, 1.165) is 11.4 Å². The van der Waals surface area contributed by atoms with Gasteiger partial charge < -0.3 is 15.5 Å². The highest BCUT2D eigenvalue weighted by molar-refractivity contribution is 5.79. The number of nitrogens with zero attached hydrogens (tertiary/aromatic N) is 5. The summed E-state index contributed by atoms with van der Waals surface area (Å²) in [6.45, 7) is 1.16. The molecule has 0 aliphatic carbocycles. The van der Waals surface area contributed by atoms with Gasteiger partial charge in [-0.1, -0.05) is 12.1 Å². The van der Waals surface area contributed by atoms with Crippen molar-refractivity contribution in [1.29, 1.82) is 0 Å². The first-order valence-electron chi connectivity index (χ1n) is 7.70. The van der Waals surface area contributed by atoms with Gasteiger partial charge in [0.15, 0.2) is 5.96 Å². The van der Waals surface area contributed by atoms with Crippen molar-refractivity contribution in [1.82, 2.24) is 30.3 Å². The molecule has 1 aromatic heterocycles. The van der Waals surface area contributed by atoms with E-state index in [-0.39, 0.29) is 11.9 Å². The summed E-state index contributed by atoms with van der Waals surface area (Å²) in [5, 5.41) is 10.5. The van der Waals surface area contributed by atoms with Crippen molar-refractivity contribution in [2.24, 2.45) is 12.0 Å². The lowest BCUT2D eigenvalue weighted by molar-refractivity contribution is 0.298. The standard InChI is InChI=1S/C16H24FN7/c1-18-16(20-10-15-21-11-22-24(15)4)19-9-14(23(2)3)12-5-7-13(17)8-6-12/h5-8,11,14H,9-10H2,1-4H3,(H2,18,19,20). The summed E-state index contributed by atoms with van der Waals surface area (Å²) in [5.41, 5.74) is 1.04. The highest BCUT2D eigenvalue weighted by Gasteiger charge is 2.15. The number of aliphatic imine (C=N–C) groups is 1. The Morgan fingerprint density at radius 2 is 2.00 bits per heavy atom. The topological polar surface area (TPSA) is 70.4 Å². The molecular formula is C16H24FN7. The SMILES string of the molecule is CN=C(NCc1ncnn1C)NCC(c1ccc(F)cc1)N(C)C. The van der Waals surface area contributed by atoms with E-state index in [1.54, 1.807) is 23.9 Å². The maximum absolute atomic E-state index is 13.1. The molecule has 1 heterocycles. The maximum Gasteiger partial charge on any atom is 0.191 e. The number of nitrogens with one attached hydrogen (secondary N) is 2. The van der Waals surface area contributed by atoms with Crippen LogP contribution in [0.15, 0.2) is 35.6 Å². The van der Waals surface area contributed by atoms with E-state index >= 15 is 0 Å². The van der Waals surface area contributed by atoms with Crippen LogP contribution in [0.5, 0.6) is 0 Å². The Kier molecular flexibility index (Phi) is 6.25. The second-order valence-corrected chi connectivity index (χ2v) is 5.64. The first-order chi connectivity index (χ1) is 11.5. The van der Waals surface area contributed by atoms with E-state index in [9.17, 15) is 4.39 Å². The molecule has 2 N–H and O–H groups in total. The van der Waals surface area contributed by atoms with Gasteiger partial charge >= 0.3 is 0 Å². The Morgan fingerprint density at radius 1 is 1.29 bits per heavy atom. The van der Waals surface area contributed by atoms with Gasteiger partial charge in [-0.25, -0.2) is 9.37 Å². The smallest absolute Gasteiger partial charge is 0.191 e. The van der Waals surface area contributed by atoms with Crippen molar-refractivity contribution in [3.05, 3.63) is 47.8 Å². The summed E-state index contributed by atoms with van der Waals surface area (Å²) in [7, 11) is 7.54. The fraction of sp³-hybridized carbons (Fsp3) is 0.438. The average Bonchev–Trinajstić information content (AvgIpc) is 2.97. The second-order valence-electron chi connectivity index (χ2n) is 5.64. The largest absolute Gasteiger partial charge is 0.354 e. The molecule has 0 fully saturated rings. The zero-order chi connectivity index (χ0) is 17.5. The number of aromatic nitrogens is 3. The van der Waals surface area contributed by atoms with Crippen molar-refractivity contribution < 1.29 is 4.39 Å². The zero-order valence-electron chi connectivity index (χ0n) is 14.5. The van der Waals surface area contributed by atoms with Gasteiger partial charge in [0.05, 0.1) is 12.6 Å². The normalized spacial score (nSPS) is 13.2. The van der Waals surface area contributed by atoms with Crippen LogP contribution >= 0.6 is 0 Å². The monoisotopic (exact) mass is 333 g/mol. The van der Waals surface area contributed by atoms with Gasteiger partial charge in [-0.3, -0.25) is 9.67 Å². The Hall–Kier alpha value is -2.48. The maximum atomic E-state index is 13.1. The minimum atomic E-state index is -0.231. The molecule has 0 aliphatic rings. The molecule has 0 saturated heterocycles. The van der Waals surface area contributed by atoms with Gasteiger partial charge in [-0.05, 0) is 31.8 Å². The molecule has 7 nitrogen and oxygen atoms in total. The van der Waals surface area contributed by atoms with Gasteiger partial charge in [-0.15, -0.1) is 0 Å². The van der Waals surface area contributed by atoms with Gasteiger partial charge in [0.2, 0.25) is 0 Å². The second kappa shape index (κ2) is 8.39. The van der Waals surface area contributed by atoms with Crippen molar-refractivity contribution in [3.63, 3.8) is 0 Å². The lowest BCUT2D eigenvalue weighted by Gasteiger charge is -2.26. The minimum absolute atomic E-state index is 0.0963. The predicted molar refractivity (Wildman–Crippen MR) is 92.0 cm³/mol. The fourth-order valence-electron chi connectivity index (χ4n) is 2.34. The molecule has 0 radical (unpaired) electrons. The third-order valence-electron chi connectivity index (χ3n) is 3.78. The number of halogens is 1. The number of hydrogen-bond donors (Lipinski definition) is 2. The molecule has 0 bridgehead atoms. The van der Waals surface area contributed by atoms with Gasteiger partial charge in [0, 0.05) is 20.6 Å². The van der Waals surface area contributed by atoms with Crippen LogP contribution in [0.2, 0.25) is 0 Å². The number of benzene rings is 1. The summed E-state index contributed by atoms with van der Waals surface area (Å²) >= 11 is 0. The molecule has 2 rings (SSSR count). The van der Waals surface area contributed by atoms with Crippen molar-refractivity contribution in [3.8, 4) is 0 Å². The number of likely N-dealkylation sites (N-methyl/N-ethyl adjacent to an activating group) is 1. The molecule has 130 valence electrons. The quantitative estimate of drug-likeness (QED) is 0.608. The van der Waals surface area contributed by atoms with Gasteiger partial charge in [0.1, 0.15) is 18.0 Å². The van der Waals surface area contributed by atoms with Crippen molar-refractivity contribution >= 4 is 5.96 Å². The summed E-state index contributed by atoms with van der Waals surface area (Å²) in [6.07, 6.45) is 1.52. The number of guanidine groups is 1. The van der Waals surface area contributed by atoms with Crippen LogP contribution < -0.4 is 10.6 Å². The molecule has 0 spiro atoms. The third-order valence-corrected chi connectivity index (χ3v) is 3.78. The molecule has 1 aromatic carbocycles. The summed E-state index contributed by atoms with van der Waals surface area (Å²) < 4.78 is 14.8. The number of rotatable bonds is 6. The number of aryl methyl sites for hydroxylation is 1. The zero-order valence-corrected chi connectivity index (χ0v) is 14.5. The highest BCUT2D eigenvalue weighted by atomic mass is 19.1. The first-order valence-corrected chi connectivity index (χ1v) is 7.70. The summed E-state index contributed by atoms with van der Waals surface area (Å²) in [5.74, 6) is 1.26. The van der Waals surface area contributed by atoms with Crippen LogP contribution in [-0.4, -0.2) is 53.3 Å². The van der Waals surface area contributed by atoms with Crippen LogP contribution in [0.1, 0.15) is 17.4 Å². The highest BCUT2D eigenvalue weighted by Crippen LogP contribution is 2.17. The van der Waals surface area contributed by atoms with E-state index in [4.69, 9.17) is 0 Å². The van der Waals surface area contributed by atoms with E-state index in [1.165, 1.54) is 18.5 Å². The van der Waals surface area contributed by atoms with Crippen LogP contribution in [0.3, 0.4) is 0 Å². The van der Waals surface area contributed by atoms with Crippen LogP contribution in [0.25, 0.3) is 0 Å². The summed E-state index contributed by atoms with van der Waals surface area (Å²) in [4.78, 5) is 10.5. The molecule has 2 aromatic rings. The Balaban J connectivity index is 1.94. The summed E-state index contributed by atoms with van der Waals surface area (Å²) in [6, 6.07) is 6.66. The Labute approximate surface area is 141 Å². The van der Waals surface area contributed by atoms with Crippen LogP contribution in [0, 0.1) is 5.82 Å². The predicted octanol–water partition coefficient (Wildman–Crippen LogP) is 0.922. The van der Waals surface area contributed by atoms with E-state index in [1.807, 2.05) is 21.1 Å². The third kappa shape index (κ3) is 4.76. The van der Waals surface area contributed by atoms with Crippen LogP contribution in [-0.2, 0) is 13.6 Å². The molecule has 0 saturated carbocycles. The van der Waals surface area contributed by atoms with Gasteiger partial charge in [-0.2, -0.15) is 5.10 Å². The van der Waals surface area contributed by atoms with E-state index in [2.05, 4.69) is 30.6 Å². The van der Waals surface area contributed by atoms with E-state index < -0.39 is 0 Å². The lowest BCUT2D eigenvalue weighted by Crippen LogP contribution is -2.41. The number of hydrogen-bond acceptors (Lipinski definition) is 4. The Bertz CT molecular complexity index is 663. The molecule has 24 heavy (non-hydrogen) atoms. The van der Waals surface area contributed by atoms with Crippen molar-refractivity contribution in [2.45, 2.75) is 12.6 Å². The van der Waals surface area contributed by atoms with Crippen LogP contribution in [0.4, 0.5) is 4.39 Å². The lowest BCUT2D eigenvalue weighted by atomic mass is 10.1. The average molecular weight is 333 g/mol. The minimum Gasteiger partial charge on any atom is -0.354 e. The molecular weight excluding hydrogens is 309 g/mol. The van der Waals surface area contributed by atoms with E-state index in [0.29, 0.717) is 19.0 Å². The Morgan fingerprint density at radius 3 is 2.54 bits per heavy atom. The molecule has 0 aliphatic heterocycles. The molecule has 0 amide bonds. The molecule has 1 unspecified atom stereocenters. The molecule has 1 atom stereocenters. The van der Waals surface area contributed by atoms with Crippen molar-refractivity contribution in [2.75, 3.05) is 27.7 Å². The van der Waals surface area contributed by atoms with Gasteiger partial charge in [0.25, 0.3) is 0 Å². The first kappa shape index (κ1) is 17.9. The molecule has 8 heteroatoms. The fourth-order valence-corrected chi connectivity index (χ4v) is 2.34.